The maximum Gasteiger partial charge on any atom is 0.341 e. The molecule has 5 rings (SSSR count). The zero-order valence-corrected chi connectivity index (χ0v) is 19.8. The van der Waals surface area contributed by atoms with Crippen molar-refractivity contribution in [2.45, 2.75) is 0 Å². The maximum absolute atomic E-state index is 10.8. The van der Waals surface area contributed by atoms with Crippen molar-refractivity contribution in [2.75, 3.05) is 46.1 Å². The van der Waals surface area contributed by atoms with Gasteiger partial charge in [-0.05, 0) is 29.0 Å². The summed E-state index contributed by atoms with van der Waals surface area (Å²) in [4.78, 5) is 22.7. The summed E-state index contributed by atoms with van der Waals surface area (Å²) < 4.78 is 16.8. The summed E-state index contributed by atoms with van der Waals surface area (Å²) in [6.45, 7) is 4.29. The highest BCUT2D eigenvalue weighted by atomic mass is 16.5. The lowest BCUT2D eigenvalue weighted by atomic mass is 10.1. The smallest absolute Gasteiger partial charge is 0.341 e. The van der Waals surface area contributed by atoms with Gasteiger partial charge >= 0.3 is 5.97 Å². The number of carboxylic acid groups (broad SMARTS) is 1. The molecule has 0 atom stereocenters. The number of carboxylic acids is 1. The summed E-state index contributed by atoms with van der Waals surface area (Å²) in [6.07, 6.45) is 0. The summed E-state index contributed by atoms with van der Waals surface area (Å²) in [5, 5.41) is 10.7. The molecular formula is C28H27N3O5. The van der Waals surface area contributed by atoms with E-state index in [0.29, 0.717) is 24.1 Å². The van der Waals surface area contributed by atoms with Gasteiger partial charge in [0, 0.05) is 36.8 Å². The SMILES string of the molecule is O=C(O)COc1ccc2cc(-c3nc(OCCN4CCOCC4)cc(-c4ccccc4)n3)ccc2c1. The highest BCUT2D eigenvalue weighted by molar-refractivity contribution is 5.87. The molecule has 3 aromatic carbocycles. The van der Waals surface area contributed by atoms with Crippen LogP contribution in [0.15, 0.2) is 72.8 Å². The van der Waals surface area contributed by atoms with Crippen LogP contribution in [-0.4, -0.2) is 72.0 Å². The van der Waals surface area contributed by atoms with Crippen molar-refractivity contribution < 1.29 is 24.1 Å². The Balaban J connectivity index is 1.41. The first-order valence-corrected chi connectivity index (χ1v) is 11.9. The van der Waals surface area contributed by atoms with E-state index < -0.39 is 5.97 Å². The summed E-state index contributed by atoms with van der Waals surface area (Å²) in [5.41, 5.74) is 2.64. The fourth-order valence-corrected chi connectivity index (χ4v) is 4.09. The van der Waals surface area contributed by atoms with E-state index in [-0.39, 0.29) is 6.61 Å². The van der Waals surface area contributed by atoms with Gasteiger partial charge in [-0.15, -0.1) is 0 Å². The first-order valence-electron chi connectivity index (χ1n) is 11.9. The Morgan fingerprint density at radius 3 is 2.47 bits per heavy atom. The molecule has 184 valence electrons. The second-order valence-corrected chi connectivity index (χ2v) is 8.49. The summed E-state index contributed by atoms with van der Waals surface area (Å²) in [6, 6.07) is 23.3. The molecule has 1 fully saturated rings. The number of hydrogen-bond acceptors (Lipinski definition) is 7. The number of ether oxygens (including phenoxy) is 3. The van der Waals surface area contributed by atoms with Crippen LogP contribution < -0.4 is 9.47 Å². The van der Waals surface area contributed by atoms with Gasteiger partial charge in [0.1, 0.15) is 12.4 Å². The molecule has 1 N–H and O–H groups in total. The van der Waals surface area contributed by atoms with Crippen molar-refractivity contribution in [1.29, 1.82) is 0 Å². The Morgan fingerprint density at radius 1 is 0.889 bits per heavy atom. The minimum absolute atomic E-state index is 0.377. The summed E-state index contributed by atoms with van der Waals surface area (Å²) in [5.74, 6) is 0.607. The highest BCUT2D eigenvalue weighted by Gasteiger charge is 2.13. The normalized spacial score (nSPS) is 14.0. The molecule has 4 aromatic rings. The van der Waals surface area contributed by atoms with E-state index in [9.17, 15) is 4.79 Å². The number of rotatable bonds is 9. The standard InChI is InChI=1S/C28H27N3O5/c32-27(33)19-36-24-9-8-21-16-23(7-6-22(21)17-24)28-29-25(20-4-2-1-3-5-20)18-26(30-28)35-15-12-31-10-13-34-14-11-31/h1-9,16-18H,10-15,19H2,(H,32,33). The zero-order chi connectivity index (χ0) is 24.7. The number of hydrogen-bond donors (Lipinski definition) is 1. The molecule has 1 saturated heterocycles. The molecule has 2 heterocycles. The van der Waals surface area contributed by atoms with E-state index in [2.05, 4.69) is 4.90 Å². The van der Waals surface area contributed by atoms with Gasteiger partial charge < -0.3 is 19.3 Å². The van der Waals surface area contributed by atoms with E-state index in [1.54, 1.807) is 6.07 Å². The average Bonchev–Trinajstić information content (AvgIpc) is 2.92. The fourth-order valence-electron chi connectivity index (χ4n) is 4.09. The lowest BCUT2D eigenvalue weighted by Gasteiger charge is -2.26. The first kappa shape index (κ1) is 23.7. The van der Waals surface area contributed by atoms with Crippen molar-refractivity contribution in [3.8, 4) is 34.3 Å². The lowest BCUT2D eigenvalue weighted by molar-refractivity contribution is -0.139. The van der Waals surface area contributed by atoms with Gasteiger partial charge in [-0.3, -0.25) is 4.90 Å². The van der Waals surface area contributed by atoms with Crippen molar-refractivity contribution in [3.63, 3.8) is 0 Å². The molecule has 0 aliphatic carbocycles. The molecule has 36 heavy (non-hydrogen) atoms. The van der Waals surface area contributed by atoms with E-state index in [1.807, 2.05) is 66.7 Å². The third-order valence-electron chi connectivity index (χ3n) is 5.97. The zero-order valence-electron chi connectivity index (χ0n) is 19.8. The van der Waals surface area contributed by atoms with Crippen molar-refractivity contribution >= 4 is 16.7 Å². The van der Waals surface area contributed by atoms with Crippen molar-refractivity contribution in [3.05, 3.63) is 72.8 Å². The molecule has 1 aliphatic heterocycles. The Bertz CT molecular complexity index is 1340. The predicted molar refractivity (Wildman–Crippen MR) is 136 cm³/mol. The van der Waals surface area contributed by atoms with Gasteiger partial charge in [0.25, 0.3) is 0 Å². The number of morpholine rings is 1. The number of nitrogens with zero attached hydrogens (tertiary/aromatic N) is 3. The van der Waals surface area contributed by atoms with Gasteiger partial charge in [-0.25, -0.2) is 9.78 Å². The van der Waals surface area contributed by atoms with Crippen LogP contribution in [0.4, 0.5) is 0 Å². The molecule has 0 unspecified atom stereocenters. The fraction of sp³-hybridized carbons (Fsp3) is 0.250. The van der Waals surface area contributed by atoms with E-state index >= 15 is 0 Å². The monoisotopic (exact) mass is 485 g/mol. The molecule has 0 amide bonds. The molecule has 0 spiro atoms. The highest BCUT2D eigenvalue weighted by Crippen LogP contribution is 2.29. The van der Waals surface area contributed by atoms with Crippen LogP contribution in [0.3, 0.4) is 0 Å². The second kappa shape index (κ2) is 11.2. The van der Waals surface area contributed by atoms with Gasteiger partial charge in [-0.1, -0.05) is 48.5 Å². The Morgan fingerprint density at radius 2 is 1.67 bits per heavy atom. The molecule has 0 saturated carbocycles. The van der Waals surface area contributed by atoms with Gasteiger partial charge in [0.15, 0.2) is 12.4 Å². The molecule has 1 aliphatic rings. The van der Waals surface area contributed by atoms with E-state index in [4.69, 9.17) is 29.3 Å². The molecule has 0 radical (unpaired) electrons. The van der Waals surface area contributed by atoms with Gasteiger partial charge in [0.2, 0.25) is 5.88 Å². The predicted octanol–water partition coefficient (Wildman–Crippen LogP) is 4.14. The lowest BCUT2D eigenvalue weighted by Crippen LogP contribution is -2.38. The Hall–Kier alpha value is -4.01. The van der Waals surface area contributed by atoms with Crippen LogP contribution in [0, 0.1) is 0 Å². The molecular weight excluding hydrogens is 458 g/mol. The Labute approximate surface area is 209 Å². The van der Waals surface area contributed by atoms with Gasteiger partial charge in [0.05, 0.1) is 18.9 Å². The third-order valence-corrected chi connectivity index (χ3v) is 5.97. The number of carbonyl (C=O) groups is 1. The van der Waals surface area contributed by atoms with E-state index in [0.717, 1.165) is 60.4 Å². The number of fused-ring (bicyclic) bond motifs is 1. The average molecular weight is 486 g/mol. The second-order valence-electron chi connectivity index (χ2n) is 8.49. The molecule has 8 heteroatoms. The summed E-state index contributed by atoms with van der Waals surface area (Å²) in [7, 11) is 0. The first-order chi connectivity index (χ1) is 17.6. The third kappa shape index (κ3) is 5.97. The Kier molecular flexibility index (Phi) is 7.35. The minimum Gasteiger partial charge on any atom is -0.482 e. The van der Waals surface area contributed by atoms with Crippen LogP contribution in [0.25, 0.3) is 33.4 Å². The van der Waals surface area contributed by atoms with Gasteiger partial charge in [-0.2, -0.15) is 4.98 Å². The molecule has 0 bridgehead atoms. The summed E-state index contributed by atoms with van der Waals surface area (Å²) >= 11 is 0. The topological polar surface area (TPSA) is 94.0 Å². The number of aromatic nitrogens is 2. The van der Waals surface area contributed by atoms with Crippen LogP contribution in [-0.2, 0) is 9.53 Å². The number of benzene rings is 3. The van der Waals surface area contributed by atoms with Crippen molar-refractivity contribution in [1.82, 2.24) is 14.9 Å². The van der Waals surface area contributed by atoms with Crippen LogP contribution in [0.5, 0.6) is 11.6 Å². The van der Waals surface area contributed by atoms with Crippen LogP contribution in [0.1, 0.15) is 0 Å². The quantitative estimate of drug-likeness (QED) is 0.378. The minimum atomic E-state index is -1.01. The van der Waals surface area contributed by atoms with E-state index in [1.165, 1.54) is 0 Å². The molecule has 1 aromatic heterocycles. The maximum atomic E-state index is 10.8. The van der Waals surface area contributed by atoms with Crippen LogP contribution in [0.2, 0.25) is 0 Å². The largest absolute Gasteiger partial charge is 0.482 e. The van der Waals surface area contributed by atoms with Crippen molar-refractivity contribution in [2.24, 2.45) is 0 Å². The molecule has 8 nitrogen and oxygen atoms in total. The number of aliphatic carboxylic acids is 1. The van der Waals surface area contributed by atoms with Crippen LogP contribution >= 0.6 is 0 Å².